The number of nitrogens with zero attached hydrogens (tertiary/aromatic N) is 4. The zero-order valence-corrected chi connectivity index (χ0v) is 13.6. The predicted octanol–water partition coefficient (Wildman–Crippen LogP) is 2.58. The summed E-state index contributed by atoms with van der Waals surface area (Å²) < 4.78 is 7.18. The predicted molar refractivity (Wildman–Crippen MR) is 81.9 cm³/mol. The summed E-state index contributed by atoms with van der Waals surface area (Å²) in [6.07, 6.45) is 2.03. The van der Waals surface area contributed by atoms with E-state index >= 15 is 0 Å². The van der Waals surface area contributed by atoms with E-state index in [0.717, 1.165) is 30.8 Å². The van der Waals surface area contributed by atoms with Crippen LogP contribution < -0.4 is 0 Å². The van der Waals surface area contributed by atoms with Crippen LogP contribution in [0.2, 0.25) is 0 Å². The largest absolute Gasteiger partial charge is 0.361 e. The summed E-state index contributed by atoms with van der Waals surface area (Å²) in [5.74, 6) is 0.609. The van der Waals surface area contributed by atoms with Gasteiger partial charge in [0.15, 0.2) is 0 Å². The molecule has 22 heavy (non-hydrogen) atoms. The molecule has 2 aromatic rings. The van der Waals surface area contributed by atoms with Gasteiger partial charge in [-0.2, -0.15) is 5.10 Å². The zero-order chi connectivity index (χ0) is 15.9. The maximum absolute atomic E-state index is 12.8. The van der Waals surface area contributed by atoms with Gasteiger partial charge in [-0.3, -0.25) is 9.48 Å². The molecule has 1 aliphatic rings. The molecule has 6 heteroatoms. The van der Waals surface area contributed by atoms with Crippen LogP contribution in [0, 0.1) is 27.7 Å². The minimum atomic E-state index is 0.0162. The Morgan fingerprint density at radius 2 is 2.09 bits per heavy atom. The number of carbonyl (C=O) groups excluding carboxylic acids is 1. The fourth-order valence-corrected chi connectivity index (χ4v) is 3.30. The SMILES string of the molecule is Cc1cc(C)n([C@H]2CCCN(C(=O)c3c(C)noc3C)C2)n1. The van der Waals surface area contributed by atoms with Crippen molar-refractivity contribution >= 4 is 5.91 Å². The molecule has 0 N–H and O–H groups in total. The van der Waals surface area contributed by atoms with Crippen LogP contribution in [0.4, 0.5) is 0 Å². The van der Waals surface area contributed by atoms with E-state index in [1.807, 2.05) is 18.7 Å². The Morgan fingerprint density at radius 3 is 2.68 bits per heavy atom. The molecule has 6 nitrogen and oxygen atoms in total. The van der Waals surface area contributed by atoms with Crippen molar-refractivity contribution in [3.05, 3.63) is 34.5 Å². The first-order valence-electron chi connectivity index (χ1n) is 7.72. The number of piperidine rings is 1. The van der Waals surface area contributed by atoms with Crippen molar-refractivity contribution in [1.82, 2.24) is 19.8 Å². The second kappa shape index (κ2) is 5.59. The molecule has 0 saturated carbocycles. The quantitative estimate of drug-likeness (QED) is 0.855. The van der Waals surface area contributed by atoms with Gasteiger partial charge in [0, 0.05) is 18.8 Å². The average Bonchev–Trinajstić information content (AvgIpc) is 3.00. The molecular weight excluding hydrogens is 280 g/mol. The summed E-state index contributed by atoms with van der Waals surface area (Å²) in [4.78, 5) is 14.7. The average molecular weight is 302 g/mol. The van der Waals surface area contributed by atoms with Crippen LogP contribution >= 0.6 is 0 Å². The number of rotatable bonds is 2. The van der Waals surface area contributed by atoms with E-state index in [9.17, 15) is 4.79 Å². The normalized spacial score (nSPS) is 18.7. The standard InChI is InChI=1S/C16H22N4O2/c1-10-8-11(2)20(17-10)14-6-5-7-19(9-14)16(21)15-12(3)18-22-13(15)4/h8,14H,5-7,9H2,1-4H3/t14-/m0/s1. The minimum absolute atomic E-state index is 0.0162. The van der Waals surface area contributed by atoms with Crippen LogP contribution in [0.25, 0.3) is 0 Å². The van der Waals surface area contributed by atoms with Crippen LogP contribution in [0.15, 0.2) is 10.6 Å². The molecular formula is C16H22N4O2. The third-order valence-corrected chi connectivity index (χ3v) is 4.32. The third kappa shape index (κ3) is 2.53. The molecule has 1 aliphatic heterocycles. The third-order valence-electron chi connectivity index (χ3n) is 4.32. The summed E-state index contributed by atoms with van der Waals surface area (Å²) in [6.45, 7) is 9.12. The maximum atomic E-state index is 12.8. The first kappa shape index (κ1) is 14.8. The Morgan fingerprint density at radius 1 is 1.32 bits per heavy atom. The van der Waals surface area contributed by atoms with Crippen molar-refractivity contribution in [2.75, 3.05) is 13.1 Å². The topological polar surface area (TPSA) is 64.2 Å². The smallest absolute Gasteiger partial charge is 0.259 e. The molecule has 1 atom stereocenters. The number of hydrogen-bond donors (Lipinski definition) is 0. The van der Waals surface area contributed by atoms with Crippen LogP contribution in [0.5, 0.6) is 0 Å². The molecule has 1 saturated heterocycles. The molecule has 0 bridgehead atoms. The van der Waals surface area contributed by atoms with Crippen LogP contribution in [0.3, 0.4) is 0 Å². The van der Waals surface area contributed by atoms with Gasteiger partial charge in [0.1, 0.15) is 11.3 Å². The van der Waals surface area contributed by atoms with Crippen molar-refractivity contribution in [1.29, 1.82) is 0 Å². The van der Waals surface area contributed by atoms with E-state index in [-0.39, 0.29) is 11.9 Å². The van der Waals surface area contributed by atoms with Gasteiger partial charge in [0.2, 0.25) is 0 Å². The first-order chi connectivity index (χ1) is 10.5. The zero-order valence-electron chi connectivity index (χ0n) is 13.6. The summed E-state index contributed by atoms with van der Waals surface area (Å²) in [5.41, 5.74) is 3.44. The van der Waals surface area contributed by atoms with E-state index in [1.165, 1.54) is 0 Å². The van der Waals surface area contributed by atoms with Gasteiger partial charge >= 0.3 is 0 Å². The van der Waals surface area contributed by atoms with Gasteiger partial charge < -0.3 is 9.42 Å². The molecule has 0 radical (unpaired) electrons. The lowest BCUT2D eigenvalue weighted by molar-refractivity contribution is 0.0669. The number of likely N-dealkylation sites (tertiary alicyclic amines) is 1. The minimum Gasteiger partial charge on any atom is -0.361 e. The molecule has 2 aromatic heterocycles. The fourth-order valence-electron chi connectivity index (χ4n) is 3.30. The summed E-state index contributed by atoms with van der Waals surface area (Å²) in [5, 5.41) is 8.46. The monoisotopic (exact) mass is 302 g/mol. The first-order valence-corrected chi connectivity index (χ1v) is 7.72. The van der Waals surface area contributed by atoms with Gasteiger partial charge in [-0.1, -0.05) is 5.16 Å². The lowest BCUT2D eigenvalue weighted by atomic mass is 10.0. The Labute approximate surface area is 130 Å². The highest BCUT2D eigenvalue weighted by Crippen LogP contribution is 2.25. The van der Waals surface area contributed by atoms with Crippen molar-refractivity contribution < 1.29 is 9.32 Å². The van der Waals surface area contributed by atoms with E-state index in [1.54, 1.807) is 6.92 Å². The van der Waals surface area contributed by atoms with Gasteiger partial charge in [-0.25, -0.2) is 0 Å². The number of aromatic nitrogens is 3. The van der Waals surface area contributed by atoms with E-state index in [0.29, 0.717) is 23.6 Å². The maximum Gasteiger partial charge on any atom is 0.259 e. The summed E-state index contributed by atoms with van der Waals surface area (Å²) in [7, 11) is 0. The summed E-state index contributed by atoms with van der Waals surface area (Å²) >= 11 is 0. The lowest BCUT2D eigenvalue weighted by Crippen LogP contribution is -2.41. The molecule has 3 heterocycles. The van der Waals surface area contributed by atoms with Crippen molar-refractivity contribution in [2.45, 2.75) is 46.6 Å². The molecule has 0 aliphatic carbocycles. The van der Waals surface area contributed by atoms with Gasteiger partial charge in [-0.05, 0) is 46.6 Å². The fraction of sp³-hybridized carbons (Fsp3) is 0.562. The van der Waals surface area contributed by atoms with Crippen molar-refractivity contribution in [3.63, 3.8) is 0 Å². The van der Waals surface area contributed by atoms with E-state index < -0.39 is 0 Å². The molecule has 118 valence electrons. The Balaban J connectivity index is 1.81. The Kier molecular flexibility index (Phi) is 3.76. The van der Waals surface area contributed by atoms with Crippen molar-refractivity contribution in [2.24, 2.45) is 0 Å². The highest BCUT2D eigenvalue weighted by atomic mass is 16.5. The van der Waals surface area contributed by atoms with Crippen LogP contribution in [-0.2, 0) is 0 Å². The highest BCUT2D eigenvalue weighted by Gasteiger charge is 2.29. The molecule has 0 aromatic carbocycles. The number of aryl methyl sites for hydroxylation is 4. The number of amides is 1. The van der Waals surface area contributed by atoms with E-state index in [4.69, 9.17) is 4.52 Å². The molecule has 3 rings (SSSR count). The molecule has 0 unspecified atom stereocenters. The second-order valence-electron chi connectivity index (χ2n) is 6.12. The molecule has 1 fully saturated rings. The number of carbonyl (C=O) groups is 1. The van der Waals surface area contributed by atoms with Gasteiger partial charge in [0.25, 0.3) is 5.91 Å². The summed E-state index contributed by atoms with van der Waals surface area (Å²) in [6, 6.07) is 2.32. The van der Waals surface area contributed by atoms with Gasteiger partial charge in [-0.15, -0.1) is 0 Å². The van der Waals surface area contributed by atoms with E-state index in [2.05, 4.69) is 27.9 Å². The number of hydrogen-bond acceptors (Lipinski definition) is 4. The highest BCUT2D eigenvalue weighted by molar-refractivity contribution is 5.96. The van der Waals surface area contributed by atoms with Crippen molar-refractivity contribution in [3.8, 4) is 0 Å². The molecule has 0 spiro atoms. The Bertz CT molecular complexity index is 682. The Hall–Kier alpha value is -2.11. The van der Waals surface area contributed by atoms with Crippen LogP contribution in [0.1, 0.15) is 52.1 Å². The second-order valence-corrected chi connectivity index (χ2v) is 6.12. The molecule has 1 amide bonds. The lowest BCUT2D eigenvalue weighted by Gasteiger charge is -2.33. The van der Waals surface area contributed by atoms with Crippen LogP contribution in [-0.4, -0.2) is 38.8 Å². The van der Waals surface area contributed by atoms with Gasteiger partial charge in [0.05, 0.1) is 17.4 Å².